The third-order valence-electron chi connectivity index (χ3n) is 7.60. The van der Waals surface area contributed by atoms with Crippen molar-refractivity contribution in [1.82, 2.24) is 4.90 Å². The maximum atomic E-state index is 14.1. The van der Waals surface area contributed by atoms with Crippen LogP contribution in [0.4, 0.5) is 10.1 Å². The molecule has 3 atom stereocenters. The largest absolute Gasteiger partial charge is 0.492 e. The van der Waals surface area contributed by atoms with Crippen LogP contribution in [-0.2, 0) is 10.0 Å². The quantitative estimate of drug-likeness (QED) is 0.474. The van der Waals surface area contributed by atoms with Gasteiger partial charge in [0.15, 0.2) is 0 Å². The van der Waals surface area contributed by atoms with E-state index in [-0.39, 0.29) is 39.3 Å². The van der Waals surface area contributed by atoms with Gasteiger partial charge in [-0.1, -0.05) is 18.2 Å². The van der Waals surface area contributed by atoms with Crippen molar-refractivity contribution >= 4 is 27.8 Å². The standard InChI is InChI=1S/C27H31FN2O6S/c1-27(2,33)18-9-11-30(14-18)10-3-4-16-12-19(28)5-8-23(16)37(34,35)29-22-7-6-20-21-13-17(21)15-36-25(20)24(22)26(31)32/h3-8,12,17-18,21,29,33H,9-11,13-15H2,1-2H3,(H,31,32)/b4-3-/t17-,18-,21-/m0/s1. The van der Waals surface area contributed by atoms with Crippen molar-refractivity contribution in [2.45, 2.75) is 43.1 Å². The van der Waals surface area contributed by atoms with Crippen molar-refractivity contribution in [3.8, 4) is 5.75 Å². The number of nitrogens with zero attached hydrogens (tertiary/aromatic N) is 1. The first-order chi connectivity index (χ1) is 17.4. The highest BCUT2D eigenvalue weighted by atomic mass is 32.2. The van der Waals surface area contributed by atoms with Crippen LogP contribution < -0.4 is 9.46 Å². The lowest BCUT2D eigenvalue weighted by molar-refractivity contribution is 0.0215. The van der Waals surface area contributed by atoms with Crippen molar-refractivity contribution in [3.63, 3.8) is 0 Å². The van der Waals surface area contributed by atoms with E-state index in [9.17, 15) is 27.8 Å². The first-order valence-electron chi connectivity index (χ1n) is 12.4. The minimum absolute atomic E-state index is 0.0978. The molecule has 0 radical (unpaired) electrons. The zero-order valence-corrected chi connectivity index (χ0v) is 21.6. The van der Waals surface area contributed by atoms with Crippen LogP contribution in [0.15, 0.2) is 41.3 Å². The summed E-state index contributed by atoms with van der Waals surface area (Å²) in [5.74, 6) is -0.898. The van der Waals surface area contributed by atoms with Crippen LogP contribution >= 0.6 is 0 Å². The molecule has 3 N–H and O–H groups in total. The number of halogens is 1. The number of benzene rings is 2. The molecule has 5 rings (SSSR count). The predicted molar refractivity (Wildman–Crippen MR) is 137 cm³/mol. The molecule has 10 heteroatoms. The second-order valence-electron chi connectivity index (χ2n) is 10.7. The van der Waals surface area contributed by atoms with Gasteiger partial charge in [-0.25, -0.2) is 17.6 Å². The number of aromatic carboxylic acids is 1. The Morgan fingerprint density at radius 1 is 1.30 bits per heavy atom. The first kappa shape index (κ1) is 25.7. The van der Waals surface area contributed by atoms with Gasteiger partial charge < -0.3 is 14.9 Å². The third kappa shape index (κ3) is 5.23. The molecule has 2 aromatic rings. The summed E-state index contributed by atoms with van der Waals surface area (Å²) in [7, 11) is -4.26. The van der Waals surface area contributed by atoms with E-state index in [1.165, 1.54) is 12.1 Å². The first-order valence-corrected chi connectivity index (χ1v) is 13.9. The van der Waals surface area contributed by atoms with Crippen LogP contribution in [0.2, 0.25) is 0 Å². The van der Waals surface area contributed by atoms with Crippen molar-refractivity contribution in [1.29, 1.82) is 0 Å². The fraction of sp³-hybridized carbons (Fsp3) is 0.444. The van der Waals surface area contributed by atoms with Gasteiger partial charge >= 0.3 is 5.97 Å². The van der Waals surface area contributed by atoms with E-state index in [1.807, 2.05) is 0 Å². The van der Waals surface area contributed by atoms with Crippen LogP contribution in [0.5, 0.6) is 5.75 Å². The smallest absolute Gasteiger partial charge is 0.341 e. The fourth-order valence-electron chi connectivity index (χ4n) is 5.34. The molecule has 0 amide bonds. The van der Waals surface area contributed by atoms with Gasteiger partial charge in [-0.2, -0.15) is 0 Å². The Balaban J connectivity index is 1.39. The summed E-state index contributed by atoms with van der Waals surface area (Å²) in [5.41, 5.74) is -0.154. The number of hydrogen-bond donors (Lipinski definition) is 3. The number of hydrogen-bond acceptors (Lipinski definition) is 6. The van der Waals surface area contributed by atoms with Gasteiger partial charge in [0.25, 0.3) is 10.0 Å². The zero-order chi connectivity index (χ0) is 26.5. The van der Waals surface area contributed by atoms with Gasteiger partial charge in [-0.15, -0.1) is 0 Å². The molecule has 1 aliphatic carbocycles. The van der Waals surface area contributed by atoms with Crippen LogP contribution in [-0.4, -0.2) is 61.3 Å². The normalized spacial score (nSPS) is 23.4. The zero-order valence-electron chi connectivity index (χ0n) is 20.8. The topological polar surface area (TPSA) is 116 Å². The molecule has 2 heterocycles. The molecule has 0 aromatic heterocycles. The Labute approximate surface area is 215 Å². The number of ether oxygens (including phenoxy) is 1. The Morgan fingerprint density at radius 3 is 2.78 bits per heavy atom. The Hall–Kier alpha value is -2.95. The summed E-state index contributed by atoms with van der Waals surface area (Å²) in [6.07, 6.45) is 5.11. The van der Waals surface area contributed by atoms with E-state index in [4.69, 9.17) is 4.74 Å². The molecule has 0 unspecified atom stereocenters. The number of anilines is 1. The molecule has 2 fully saturated rings. The second kappa shape index (κ2) is 9.41. The number of likely N-dealkylation sites (tertiary alicyclic amines) is 1. The Bertz CT molecular complexity index is 1370. The molecule has 1 saturated carbocycles. The van der Waals surface area contributed by atoms with E-state index in [1.54, 1.807) is 32.1 Å². The highest BCUT2D eigenvalue weighted by Gasteiger charge is 2.45. The Morgan fingerprint density at radius 2 is 2.08 bits per heavy atom. The van der Waals surface area contributed by atoms with Crippen molar-refractivity contribution in [3.05, 3.63) is 58.9 Å². The van der Waals surface area contributed by atoms with Gasteiger partial charge in [0, 0.05) is 24.9 Å². The Kier molecular flexibility index (Phi) is 6.54. The van der Waals surface area contributed by atoms with Gasteiger partial charge in [-0.05, 0) is 74.5 Å². The van der Waals surface area contributed by atoms with Crippen molar-refractivity contribution in [2.24, 2.45) is 11.8 Å². The van der Waals surface area contributed by atoms with E-state index in [0.29, 0.717) is 25.6 Å². The summed E-state index contributed by atoms with van der Waals surface area (Å²) in [6, 6.07) is 6.53. The monoisotopic (exact) mass is 530 g/mol. The molecule has 198 valence electrons. The van der Waals surface area contributed by atoms with Gasteiger partial charge in [0.05, 0.1) is 22.8 Å². The average Bonchev–Trinajstić information content (AvgIpc) is 3.45. The molecule has 3 aliphatic rings. The van der Waals surface area contributed by atoms with E-state index in [2.05, 4.69) is 9.62 Å². The predicted octanol–water partition coefficient (Wildman–Crippen LogP) is 3.93. The van der Waals surface area contributed by atoms with Gasteiger partial charge in [0.2, 0.25) is 0 Å². The van der Waals surface area contributed by atoms with Crippen LogP contribution in [0.1, 0.15) is 54.1 Å². The van der Waals surface area contributed by atoms with Gasteiger partial charge in [-0.3, -0.25) is 9.62 Å². The lowest BCUT2D eigenvalue weighted by Gasteiger charge is -2.25. The van der Waals surface area contributed by atoms with E-state index < -0.39 is 27.4 Å². The minimum Gasteiger partial charge on any atom is -0.492 e. The number of sulfonamides is 1. The molecule has 0 bridgehead atoms. The molecule has 1 saturated heterocycles. The lowest BCUT2D eigenvalue weighted by Crippen LogP contribution is -2.33. The summed E-state index contributed by atoms with van der Waals surface area (Å²) in [5, 5.41) is 20.1. The van der Waals surface area contributed by atoms with Gasteiger partial charge in [0.1, 0.15) is 17.1 Å². The highest BCUT2D eigenvalue weighted by molar-refractivity contribution is 7.92. The number of rotatable bonds is 8. The number of carbonyl (C=O) groups is 1. The highest BCUT2D eigenvalue weighted by Crippen LogP contribution is 2.55. The minimum atomic E-state index is -4.26. The average molecular weight is 531 g/mol. The SMILES string of the molecule is CC(C)(O)[C@H]1CCN(C/C=C\c2cc(F)ccc2S(=O)(=O)Nc2ccc3c(c2C(=O)O)OC[C@@H]2C[C@H]32)C1. The van der Waals surface area contributed by atoms with Crippen molar-refractivity contribution in [2.75, 3.05) is 31.0 Å². The molecule has 2 aliphatic heterocycles. The molecule has 8 nitrogen and oxygen atoms in total. The number of nitrogens with one attached hydrogen (secondary N) is 1. The maximum Gasteiger partial charge on any atom is 0.341 e. The second-order valence-corrected chi connectivity index (χ2v) is 12.4. The van der Waals surface area contributed by atoms with Crippen LogP contribution in [0, 0.1) is 17.7 Å². The molecular weight excluding hydrogens is 499 g/mol. The lowest BCUT2D eigenvalue weighted by atomic mass is 9.90. The molecule has 37 heavy (non-hydrogen) atoms. The number of carboxylic acids is 1. The van der Waals surface area contributed by atoms with Crippen molar-refractivity contribution < 1.29 is 32.6 Å². The summed E-state index contributed by atoms with van der Waals surface area (Å²) in [6.45, 7) is 6.03. The number of fused-ring (bicyclic) bond motifs is 3. The molecule has 2 aromatic carbocycles. The summed E-state index contributed by atoms with van der Waals surface area (Å²) < 4.78 is 49.0. The summed E-state index contributed by atoms with van der Waals surface area (Å²) >= 11 is 0. The molecular formula is C27H31FN2O6S. The molecule has 0 spiro atoms. The fourth-order valence-corrected chi connectivity index (χ4v) is 6.60. The van der Waals surface area contributed by atoms with E-state index >= 15 is 0 Å². The maximum absolute atomic E-state index is 14.1. The van der Waals surface area contributed by atoms with Crippen LogP contribution in [0.3, 0.4) is 0 Å². The van der Waals surface area contributed by atoms with Crippen LogP contribution in [0.25, 0.3) is 6.08 Å². The van der Waals surface area contributed by atoms with E-state index in [0.717, 1.165) is 37.1 Å². The third-order valence-corrected chi connectivity index (χ3v) is 9.04. The summed E-state index contributed by atoms with van der Waals surface area (Å²) in [4.78, 5) is 14.1. The number of aliphatic hydroxyl groups is 1. The number of carboxylic acid groups (broad SMARTS) is 1.